The van der Waals surface area contributed by atoms with Gasteiger partial charge in [-0.25, -0.2) is 4.98 Å². The molecule has 0 N–H and O–H groups in total. The van der Waals surface area contributed by atoms with E-state index in [4.69, 9.17) is 9.40 Å². The van der Waals surface area contributed by atoms with Crippen molar-refractivity contribution in [3.05, 3.63) is 103 Å². The van der Waals surface area contributed by atoms with Crippen LogP contribution in [-0.4, -0.2) is 4.98 Å². The zero-order chi connectivity index (χ0) is 19.2. The van der Waals surface area contributed by atoms with Crippen molar-refractivity contribution in [2.45, 2.75) is 0 Å². The second-order valence-electron chi connectivity index (χ2n) is 7.23. The average Bonchev–Trinajstić information content (AvgIpc) is 3.19. The number of nitrogens with zero attached hydrogens (tertiary/aromatic N) is 1. The van der Waals surface area contributed by atoms with Gasteiger partial charge in [0.2, 0.25) is 0 Å². The van der Waals surface area contributed by atoms with Gasteiger partial charge in [-0.05, 0) is 29.3 Å². The van der Waals surface area contributed by atoms with E-state index in [2.05, 4.69) is 78.9 Å². The number of para-hydroxylation sites is 2. The SMILES string of the molecule is c1ccc(-c2cccc(-c3nc4ccccc4c4c3oc3ccccc34)c2)cc1. The minimum atomic E-state index is 0.843. The molecule has 0 spiro atoms. The monoisotopic (exact) mass is 371 g/mol. The minimum absolute atomic E-state index is 0.843. The molecule has 4 aromatic carbocycles. The molecule has 0 radical (unpaired) electrons. The highest BCUT2D eigenvalue weighted by Crippen LogP contribution is 2.39. The Morgan fingerprint density at radius 2 is 1.24 bits per heavy atom. The Kier molecular flexibility index (Phi) is 3.50. The molecule has 0 fully saturated rings. The molecule has 0 aliphatic carbocycles. The molecule has 2 heterocycles. The lowest BCUT2D eigenvalue weighted by molar-refractivity contribution is 0.669. The quantitative estimate of drug-likeness (QED) is 0.315. The van der Waals surface area contributed by atoms with Crippen LogP contribution in [0.1, 0.15) is 0 Å². The first kappa shape index (κ1) is 16.1. The predicted molar refractivity (Wildman–Crippen MR) is 120 cm³/mol. The van der Waals surface area contributed by atoms with Crippen molar-refractivity contribution in [1.82, 2.24) is 4.98 Å². The summed E-state index contributed by atoms with van der Waals surface area (Å²) < 4.78 is 6.33. The molecule has 136 valence electrons. The molecule has 2 heteroatoms. The molecule has 6 aromatic rings. The maximum Gasteiger partial charge on any atom is 0.162 e. The second-order valence-corrected chi connectivity index (χ2v) is 7.23. The van der Waals surface area contributed by atoms with Crippen molar-refractivity contribution in [2.75, 3.05) is 0 Å². The largest absolute Gasteiger partial charge is 0.454 e. The lowest BCUT2D eigenvalue weighted by atomic mass is 9.99. The Morgan fingerprint density at radius 1 is 0.552 bits per heavy atom. The number of hydrogen-bond donors (Lipinski definition) is 0. The number of rotatable bonds is 2. The third kappa shape index (κ3) is 2.54. The van der Waals surface area contributed by atoms with Gasteiger partial charge in [0.25, 0.3) is 0 Å². The fraction of sp³-hybridized carbons (Fsp3) is 0. The van der Waals surface area contributed by atoms with Crippen molar-refractivity contribution in [3.8, 4) is 22.4 Å². The highest BCUT2D eigenvalue weighted by molar-refractivity contribution is 6.20. The van der Waals surface area contributed by atoms with E-state index in [1.165, 1.54) is 11.1 Å². The smallest absolute Gasteiger partial charge is 0.162 e. The molecule has 0 atom stereocenters. The summed E-state index contributed by atoms with van der Waals surface area (Å²) in [5.41, 5.74) is 7.01. The van der Waals surface area contributed by atoms with Gasteiger partial charge >= 0.3 is 0 Å². The van der Waals surface area contributed by atoms with Crippen molar-refractivity contribution in [2.24, 2.45) is 0 Å². The molecule has 2 nitrogen and oxygen atoms in total. The third-order valence-electron chi connectivity index (χ3n) is 5.46. The second kappa shape index (κ2) is 6.32. The van der Waals surface area contributed by atoms with Gasteiger partial charge in [0.1, 0.15) is 11.3 Å². The Labute approximate surface area is 168 Å². The minimum Gasteiger partial charge on any atom is -0.454 e. The van der Waals surface area contributed by atoms with E-state index in [1.54, 1.807) is 0 Å². The van der Waals surface area contributed by atoms with Gasteiger partial charge in [-0.1, -0.05) is 84.9 Å². The van der Waals surface area contributed by atoms with E-state index >= 15 is 0 Å². The Hall–Kier alpha value is -3.91. The van der Waals surface area contributed by atoms with Crippen LogP contribution < -0.4 is 0 Å². The lowest BCUT2D eigenvalue weighted by Crippen LogP contribution is -1.88. The number of benzene rings is 4. The first-order chi connectivity index (χ1) is 14.4. The molecule has 0 amide bonds. The first-order valence-corrected chi connectivity index (χ1v) is 9.74. The molecule has 2 aromatic heterocycles. The normalized spacial score (nSPS) is 11.4. The average molecular weight is 371 g/mol. The summed E-state index contributed by atoms with van der Waals surface area (Å²) in [5, 5.41) is 3.38. The van der Waals surface area contributed by atoms with Crippen molar-refractivity contribution < 1.29 is 4.42 Å². The molecule has 6 rings (SSSR count). The van der Waals surface area contributed by atoms with Crippen LogP contribution >= 0.6 is 0 Å². The number of hydrogen-bond acceptors (Lipinski definition) is 2. The molecule has 0 saturated carbocycles. The zero-order valence-corrected chi connectivity index (χ0v) is 15.7. The third-order valence-corrected chi connectivity index (χ3v) is 5.46. The summed E-state index contributed by atoms with van der Waals surface area (Å²) in [6.07, 6.45) is 0. The number of fused-ring (bicyclic) bond motifs is 5. The number of pyridine rings is 1. The molecule has 0 bridgehead atoms. The molecule has 0 unspecified atom stereocenters. The van der Waals surface area contributed by atoms with Crippen LogP contribution in [0.15, 0.2) is 108 Å². The fourth-order valence-electron chi connectivity index (χ4n) is 4.11. The predicted octanol–water partition coefficient (Wildman–Crippen LogP) is 7.47. The van der Waals surface area contributed by atoms with Crippen LogP contribution in [0.3, 0.4) is 0 Å². The van der Waals surface area contributed by atoms with E-state index in [0.717, 1.165) is 44.1 Å². The summed E-state index contributed by atoms with van der Waals surface area (Å²) >= 11 is 0. The zero-order valence-electron chi connectivity index (χ0n) is 15.7. The van der Waals surface area contributed by atoms with E-state index in [0.29, 0.717) is 0 Å². The van der Waals surface area contributed by atoms with Gasteiger partial charge in [0.15, 0.2) is 5.58 Å². The highest BCUT2D eigenvalue weighted by atomic mass is 16.3. The summed E-state index contributed by atoms with van der Waals surface area (Å²) in [4.78, 5) is 5.01. The molecule has 29 heavy (non-hydrogen) atoms. The lowest BCUT2D eigenvalue weighted by Gasteiger charge is -2.08. The van der Waals surface area contributed by atoms with Crippen molar-refractivity contribution >= 4 is 32.8 Å². The van der Waals surface area contributed by atoms with Crippen LogP contribution in [0.5, 0.6) is 0 Å². The van der Waals surface area contributed by atoms with Crippen LogP contribution in [0.4, 0.5) is 0 Å². The summed E-state index contributed by atoms with van der Waals surface area (Å²) in [6.45, 7) is 0. The Morgan fingerprint density at radius 3 is 2.14 bits per heavy atom. The maximum atomic E-state index is 6.33. The van der Waals surface area contributed by atoms with Crippen molar-refractivity contribution in [1.29, 1.82) is 0 Å². The van der Waals surface area contributed by atoms with E-state index in [1.807, 2.05) is 24.3 Å². The van der Waals surface area contributed by atoms with Gasteiger partial charge < -0.3 is 4.42 Å². The van der Waals surface area contributed by atoms with Gasteiger partial charge in [-0.2, -0.15) is 0 Å². The van der Waals surface area contributed by atoms with Gasteiger partial charge in [0.05, 0.1) is 5.52 Å². The Bertz CT molecular complexity index is 1500. The number of aromatic nitrogens is 1. The fourth-order valence-corrected chi connectivity index (χ4v) is 4.11. The maximum absolute atomic E-state index is 6.33. The molecule has 0 saturated heterocycles. The summed E-state index contributed by atoms with van der Waals surface area (Å²) in [5.74, 6) is 0. The van der Waals surface area contributed by atoms with Crippen LogP contribution in [0, 0.1) is 0 Å². The number of furan rings is 1. The van der Waals surface area contributed by atoms with Crippen LogP contribution in [0.25, 0.3) is 55.2 Å². The molecular weight excluding hydrogens is 354 g/mol. The van der Waals surface area contributed by atoms with E-state index in [-0.39, 0.29) is 0 Å². The first-order valence-electron chi connectivity index (χ1n) is 9.74. The molecule has 0 aliphatic rings. The van der Waals surface area contributed by atoms with E-state index in [9.17, 15) is 0 Å². The molecular formula is C27H17NO. The Balaban J connectivity index is 1.70. The summed E-state index contributed by atoms with van der Waals surface area (Å²) in [7, 11) is 0. The van der Waals surface area contributed by atoms with Crippen LogP contribution in [0.2, 0.25) is 0 Å². The standard InChI is InChI=1S/C27H17NO/c1-2-9-18(10-3-1)19-11-8-12-20(17-19)26-27-25(21-13-4-6-15-23(21)28-26)22-14-5-7-16-24(22)29-27/h1-17H. The highest BCUT2D eigenvalue weighted by Gasteiger charge is 2.17. The van der Waals surface area contributed by atoms with Gasteiger partial charge in [-0.3, -0.25) is 0 Å². The van der Waals surface area contributed by atoms with Crippen molar-refractivity contribution in [3.63, 3.8) is 0 Å². The summed E-state index contributed by atoms with van der Waals surface area (Å²) in [6, 6.07) is 35.4. The van der Waals surface area contributed by atoms with Crippen LogP contribution in [-0.2, 0) is 0 Å². The van der Waals surface area contributed by atoms with E-state index < -0.39 is 0 Å². The van der Waals surface area contributed by atoms with Gasteiger partial charge in [0, 0.05) is 21.7 Å². The molecule has 0 aliphatic heterocycles. The van der Waals surface area contributed by atoms with Gasteiger partial charge in [-0.15, -0.1) is 0 Å². The topological polar surface area (TPSA) is 26.0 Å².